The van der Waals surface area contributed by atoms with Gasteiger partial charge in [0.15, 0.2) is 0 Å². The third-order valence-electron chi connectivity index (χ3n) is 2.79. The Kier molecular flexibility index (Phi) is 3.23. The summed E-state index contributed by atoms with van der Waals surface area (Å²) < 4.78 is 19.3. The first-order valence-corrected chi connectivity index (χ1v) is 6.58. The molecule has 2 N–H and O–H groups in total. The third kappa shape index (κ3) is 2.30. The number of nitrogen functional groups attached to an aromatic ring is 1. The van der Waals surface area contributed by atoms with E-state index in [0.29, 0.717) is 17.1 Å². The fourth-order valence-corrected chi connectivity index (χ4v) is 2.26. The molecule has 0 aliphatic carbocycles. The molecule has 0 aliphatic rings. The summed E-state index contributed by atoms with van der Waals surface area (Å²) in [6.07, 6.45) is 0. The van der Waals surface area contributed by atoms with E-state index in [4.69, 9.17) is 10.3 Å². The zero-order chi connectivity index (χ0) is 14.1. The van der Waals surface area contributed by atoms with Crippen molar-refractivity contribution in [2.45, 2.75) is 0 Å². The predicted molar refractivity (Wildman–Crippen MR) is 77.2 cm³/mol. The van der Waals surface area contributed by atoms with Gasteiger partial charge >= 0.3 is 0 Å². The van der Waals surface area contributed by atoms with Crippen molar-refractivity contribution in [1.29, 1.82) is 0 Å². The van der Waals surface area contributed by atoms with Gasteiger partial charge in [0.05, 0.1) is 5.56 Å². The van der Waals surface area contributed by atoms with Gasteiger partial charge in [-0.3, -0.25) is 0 Å². The molecule has 0 atom stereocenters. The van der Waals surface area contributed by atoms with Crippen LogP contribution in [0.3, 0.4) is 0 Å². The van der Waals surface area contributed by atoms with Gasteiger partial charge in [-0.2, -0.15) is 4.98 Å². The SMILES string of the molecule is Nc1ccc(F)cc1-c1nc(-c2ccccc2Br)no1. The highest BCUT2D eigenvalue weighted by atomic mass is 79.9. The zero-order valence-electron chi connectivity index (χ0n) is 10.2. The number of nitrogens with zero attached hydrogens (tertiary/aromatic N) is 2. The van der Waals surface area contributed by atoms with E-state index in [1.54, 1.807) is 0 Å². The van der Waals surface area contributed by atoms with Crippen molar-refractivity contribution >= 4 is 21.6 Å². The van der Waals surface area contributed by atoms with Crippen LogP contribution >= 0.6 is 15.9 Å². The normalized spacial score (nSPS) is 10.7. The number of hydrogen-bond acceptors (Lipinski definition) is 4. The summed E-state index contributed by atoms with van der Waals surface area (Å²) in [5, 5.41) is 3.90. The quantitative estimate of drug-likeness (QED) is 0.722. The van der Waals surface area contributed by atoms with E-state index < -0.39 is 5.82 Å². The smallest absolute Gasteiger partial charge is 0.260 e. The maximum Gasteiger partial charge on any atom is 0.260 e. The highest BCUT2D eigenvalue weighted by Gasteiger charge is 2.15. The second-order valence-electron chi connectivity index (χ2n) is 4.13. The molecule has 3 aromatic rings. The molecule has 0 saturated carbocycles. The lowest BCUT2D eigenvalue weighted by Crippen LogP contribution is -1.91. The Bertz CT molecular complexity index is 773. The molecule has 0 spiro atoms. The fourth-order valence-electron chi connectivity index (χ4n) is 1.80. The molecular weight excluding hydrogens is 325 g/mol. The number of hydrogen-bond donors (Lipinski definition) is 1. The van der Waals surface area contributed by atoms with Crippen LogP contribution in [0.15, 0.2) is 51.5 Å². The molecule has 3 rings (SSSR count). The van der Waals surface area contributed by atoms with E-state index in [9.17, 15) is 4.39 Å². The van der Waals surface area contributed by atoms with E-state index in [1.807, 2.05) is 24.3 Å². The van der Waals surface area contributed by atoms with Crippen LogP contribution in [0.5, 0.6) is 0 Å². The summed E-state index contributed by atoms with van der Waals surface area (Å²) in [5.41, 5.74) is 7.35. The maximum atomic E-state index is 13.3. The minimum atomic E-state index is -0.408. The van der Waals surface area contributed by atoms with Crippen molar-refractivity contribution < 1.29 is 8.91 Å². The Morgan fingerprint density at radius 1 is 1.10 bits per heavy atom. The molecule has 20 heavy (non-hydrogen) atoms. The van der Waals surface area contributed by atoms with Crippen molar-refractivity contribution in [2.75, 3.05) is 5.73 Å². The summed E-state index contributed by atoms with van der Waals surface area (Å²) in [5.74, 6) is 0.193. The van der Waals surface area contributed by atoms with Crippen LogP contribution in [0.2, 0.25) is 0 Å². The van der Waals surface area contributed by atoms with Gasteiger partial charge in [-0.1, -0.05) is 33.2 Å². The lowest BCUT2D eigenvalue weighted by Gasteiger charge is -1.99. The van der Waals surface area contributed by atoms with Crippen LogP contribution in [-0.4, -0.2) is 10.1 Å². The van der Waals surface area contributed by atoms with E-state index >= 15 is 0 Å². The topological polar surface area (TPSA) is 64.9 Å². The number of nitrogens with two attached hydrogens (primary N) is 1. The van der Waals surface area contributed by atoms with Gasteiger partial charge in [0, 0.05) is 15.7 Å². The molecule has 2 aromatic carbocycles. The molecule has 0 bridgehead atoms. The second kappa shape index (κ2) is 5.05. The van der Waals surface area contributed by atoms with Crippen molar-refractivity contribution in [1.82, 2.24) is 10.1 Å². The maximum absolute atomic E-state index is 13.3. The summed E-state index contributed by atoms with van der Waals surface area (Å²) in [6, 6.07) is 11.5. The van der Waals surface area contributed by atoms with E-state index in [2.05, 4.69) is 26.1 Å². The number of anilines is 1. The lowest BCUT2D eigenvalue weighted by atomic mass is 10.1. The van der Waals surface area contributed by atoms with Crippen molar-refractivity contribution in [2.24, 2.45) is 0 Å². The van der Waals surface area contributed by atoms with Gasteiger partial charge in [-0.05, 0) is 30.3 Å². The monoisotopic (exact) mass is 333 g/mol. The van der Waals surface area contributed by atoms with Crippen LogP contribution in [0.1, 0.15) is 0 Å². The summed E-state index contributed by atoms with van der Waals surface area (Å²) in [6.45, 7) is 0. The van der Waals surface area contributed by atoms with Gasteiger partial charge in [0.25, 0.3) is 5.89 Å². The Labute approximate surface area is 122 Å². The Morgan fingerprint density at radius 3 is 2.70 bits per heavy atom. The van der Waals surface area contributed by atoms with Crippen LogP contribution in [0.25, 0.3) is 22.8 Å². The van der Waals surface area contributed by atoms with Crippen molar-refractivity contribution in [3.05, 3.63) is 52.8 Å². The molecule has 4 nitrogen and oxygen atoms in total. The largest absolute Gasteiger partial charge is 0.398 e. The highest BCUT2D eigenvalue weighted by molar-refractivity contribution is 9.10. The summed E-state index contributed by atoms with van der Waals surface area (Å²) >= 11 is 3.42. The molecule has 0 saturated heterocycles. The average Bonchev–Trinajstić information content (AvgIpc) is 2.91. The van der Waals surface area contributed by atoms with E-state index in [-0.39, 0.29) is 5.89 Å². The number of rotatable bonds is 2. The van der Waals surface area contributed by atoms with Crippen LogP contribution < -0.4 is 5.73 Å². The molecule has 0 aliphatic heterocycles. The molecule has 1 aromatic heterocycles. The van der Waals surface area contributed by atoms with Gasteiger partial charge in [-0.25, -0.2) is 4.39 Å². The van der Waals surface area contributed by atoms with Gasteiger partial charge in [0.1, 0.15) is 5.82 Å². The number of aromatic nitrogens is 2. The molecule has 0 radical (unpaired) electrons. The minimum Gasteiger partial charge on any atom is -0.398 e. The van der Waals surface area contributed by atoms with Crippen molar-refractivity contribution in [3.63, 3.8) is 0 Å². The Morgan fingerprint density at radius 2 is 1.90 bits per heavy atom. The van der Waals surface area contributed by atoms with Gasteiger partial charge in [0.2, 0.25) is 5.82 Å². The van der Waals surface area contributed by atoms with Gasteiger partial charge < -0.3 is 10.3 Å². The number of halogens is 2. The first-order chi connectivity index (χ1) is 9.65. The zero-order valence-corrected chi connectivity index (χ0v) is 11.8. The van der Waals surface area contributed by atoms with Crippen molar-refractivity contribution in [3.8, 4) is 22.8 Å². The van der Waals surface area contributed by atoms with Crippen LogP contribution in [0.4, 0.5) is 10.1 Å². The summed E-state index contributed by atoms with van der Waals surface area (Å²) in [7, 11) is 0. The Balaban J connectivity index is 2.07. The highest BCUT2D eigenvalue weighted by Crippen LogP contribution is 2.30. The Hall–Kier alpha value is -2.21. The predicted octanol–water partition coefficient (Wildman–Crippen LogP) is 3.89. The lowest BCUT2D eigenvalue weighted by molar-refractivity contribution is 0.432. The first kappa shape index (κ1) is 12.8. The van der Waals surface area contributed by atoms with Gasteiger partial charge in [-0.15, -0.1) is 0 Å². The third-order valence-corrected chi connectivity index (χ3v) is 3.48. The molecule has 6 heteroatoms. The number of benzene rings is 2. The molecule has 1 heterocycles. The molecule has 0 amide bonds. The molecule has 0 unspecified atom stereocenters. The average molecular weight is 334 g/mol. The minimum absolute atomic E-state index is 0.188. The molecule has 100 valence electrons. The second-order valence-corrected chi connectivity index (χ2v) is 4.99. The van der Waals surface area contributed by atoms with E-state index in [1.165, 1.54) is 18.2 Å². The first-order valence-electron chi connectivity index (χ1n) is 5.79. The van der Waals surface area contributed by atoms with Crippen LogP contribution in [-0.2, 0) is 0 Å². The molecule has 0 fully saturated rings. The standard InChI is InChI=1S/C14H9BrFN3O/c15-11-4-2-1-3-9(11)13-18-14(20-19-13)10-7-8(16)5-6-12(10)17/h1-7H,17H2. The molecular formula is C14H9BrFN3O. The van der Waals surface area contributed by atoms with Crippen LogP contribution in [0, 0.1) is 5.82 Å². The fraction of sp³-hybridized carbons (Fsp3) is 0. The summed E-state index contributed by atoms with van der Waals surface area (Å²) in [4.78, 5) is 4.26. The van der Waals surface area contributed by atoms with E-state index in [0.717, 1.165) is 10.0 Å².